The normalized spacial score (nSPS) is 11.5. The molecule has 1 aromatic carbocycles. The van der Waals surface area contributed by atoms with Crippen molar-refractivity contribution in [2.24, 2.45) is 7.05 Å². The number of imidazole rings is 1. The van der Waals surface area contributed by atoms with E-state index in [1.165, 1.54) is 5.56 Å². The molecule has 0 radical (unpaired) electrons. The van der Waals surface area contributed by atoms with Crippen LogP contribution in [-0.2, 0) is 7.05 Å². The highest BCUT2D eigenvalue weighted by molar-refractivity contribution is 6.04. The maximum atomic E-state index is 4.60. The largest absolute Gasteiger partial charge is 0.327 e. The first-order chi connectivity index (χ1) is 9.74. The Morgan fingerprint density at radius 1 is 1.15 bits per heavy atom. The minimum atomic E-state index is 0.526. The summed E-state index contributed by atoms with van der Waals surface area (Å²) in [4.78, 5) is 8.60. The van der Waals surface area contributed by atoms with E-state index in [1.807, 2.05) is 11.6 Å². The fourth-order valence-electron chi connectivity index (χ4n) is 2.45. The third kappa shape index (κ3) is 1.45. The van der Waals surface area contributed by atoms with Gasteiger partial charge in [0.05, 0.1) is 5.52 Å². The zero-order valence-corrected chi connectivity index (χ0v) is 11.1. The smallest absolute Gasteiger partial charge is 0.256 e. The van der Waals surface area contributed by atoms with Crippen LogP contribution in [0.15, 0.2) is 36.9 Å². The molecular formula is C14H12N6. The van der Waals surface area contributed by atoms with E-state index in [0.717, 1.165) is 22.1 Å². The van der Waals surface area contributed by atoms with Crippen molar-refractivity contribution >= 4 is 22.1 Å². The van der Waals surface area contributed by atoms with Crippen molar-refractivity contribution in [3.8, 4) is 5.95 Å². The minimum absolute atomic E-state index is 0.526. The van der Waals surface area contributed by atoms with Crippen LogP contribution in [0.5, 0.6) is 0 Å². The Morgan fingerprint density at radius 3 is 2.85 bits per heavy atom. The maximum absolute atomic E-state index is 4.60. The summed E-state index contributed by atoms with van der Waals surface area (Å²) in [6.07, 6.45) is 5.16. The van der Waals surface area contributed by atoms with Gasteiger partial charge in [0.1, 0.15) is 11.8 Å². The molecule has 4 aromatic rings. The van der Waals surface area contributed by atoms with Gasteiger partial charge in [-0.1, -0.05) is 11.6 Å². The van der Waals surface area contributed by atoms with Crippen molar-refractivity contribution in [1.82, 2.24) is 29.3 Å². The molecule has 0 atom stereocenters. The second-order valence-electron chi connectivity index (χ2n) is 4.83. The molecule has 0 N–H and O–H groups in total. The predicted octanol–water partition coefficient (Wildman–Crippen LogP) is 2.01. The van der Waals surface area contributed by atoms with E-state index < -0.39 is 0 Å². The third-order valence-electron chi connectivity index (χ3n) is 3.48. The first-order valence-electron chi connectivity index (χ1n) is 6.32. The van der Waals surface area contributed by atoms with Gasteiger partial charge in [0.15, 0.2) is 5.65 Å². The first-order valence-corrected chi connectivity index (χ1v) is 6.32. The molecule has 0 spiro atoms. The molecule has 6 nitrogen and oxygen atoms in total. The van der Waals surface area contributed by atoms with Crippen molar-refractivity contribution in [2.45, 2.75) is 6.92 Å². The van der Waals surface area contributed by atoms with Crippen LogP contribution in [0.4, 0.5) is 0 Å². The molecule has 0 fully saturated rings. The Balaban J connectivity index is 2.08. The van der Waals surface area contributed by atoms with Gasteiger partial charge in [-0.25, -0.2) is 4.98 Å². The van der Waals surface area contributed by atoms with Gasteiger partial charge in [-0.2, -0.15) is 4.98 Å². The van der Waals surface area contributed by atoms with Gasteiger partial charge in [0.2, 0.25) is 0 Å². The fourth-order valence-corrected chi connectivity index (χ4v) is 2.45. The highest BCUT2D eigenvalue weighted by Crippen LogP contribution is 2.25. The Hall–Kier alpha value is -2.76. The summed E-state index contributed by atoms with van der Waals surface area (Å²) in [6, 6.07) is 6.29. The van der Waals surface area contributed by atoms with Crippen LogP contribution in [-0.4, -0.2) is 29.3 Å². The molecule has 4 rings (SSSR count). The lowest BCUT2D eigenvalue weighted by atomic mass is 10.2. The van der Waals surface area contributed by atoms with Crippen molar-refractivity contribution in [3.63, 3.8) is 0 Å². The standard InChI is InChI=1S/C14H12N6/c1-9-3-4-11-10(7-9)12-13(19(11)2)16-14(18-17-12)20-6-5-15-8-20/h3-8H,1-2H3. The molecule has 0 aliphatic heterocycles. The zero-order valence-electron chi connectivity index (χ0n) is 11.1. The van der Waals surface area contributed by atoms with Gasteiger partial charge < -0.3 is 4.57 Å². The number of hydrogen-bond donors (Lipinski definition) is 0. The Labute approximate surface area is 114 Å². The third-order valence-corrected chi connectivity index (χ3v) is 3.48. The summed E-state index contributed by atoms with van der Waals surface area (Å²) in [5.74, 6) is 0.526. The van der Waals surface area contributed by atoms with Crippen LogP contribution in [0.2, 0.25) is 0 Å². The second kappa shape index (κ2) is 3.86. The summed E-state index contributed by atoms with van der Waals surface area (Å²) in [6.45, 7) is 2.07. The van der Waals surface area contributed by atoms with E-state index in [4.69, 9.17) is 0 Å². The summed E-state index contributed by atoms with van der Waals surface area (Å²) in [7, 11) is 1.99. The van der Waals surface area contributed by atoms with Crippen molar-refractivity contribution in [3.05, 3.63) is 42.5 Å². The highest BCUT2D eigenvalue weighted by Gasteiger charge is 2.13. The van der Waals surface area contributed by atoms with Crippen LogP contribution < -0.4 is 0 Å². The lowest BCUT2D eigenvalue weighted by Crippen LogP contribution is -2.02. The first kappa shape index (κ1) is 11.1. The number of nitrogens with zero attached hydrogens (tertiary/aromatic N) is 6. The average Bonchev–Trinajstić information content (AvgIpc) is 3.07. The van der Waals surface area contributed by atoms with Gasteiger partial charge in [-0.15, -0.1) is 10.2 Å². The summed E-state index contributed by atoms with van der Waals surface area (Å²) in [5.41, 5.74) is 3.96. The van der Waals surface area contributed by atoms with E-state index in [9.17, 15) is 0 Å². The lowest BCUT2D eigenvalue weighted by molar-refractivity contribution is 0.863. The molecule has 0 saturated heterocycles. The van der Waals surface area contributed by atoms with E-state index in [2.05, 4.69) is 45.3 Å². The molecule has 0 saturated carbocycles. The van der Waals surface area contributed by atoms with Crippen molar-refractivity contribution in [1.29, 1.82) is 0 Å². The summed E-state index contributed by atoms with van der Waals surface area (Å²) in [5, 5.41) is 9.62. The quantitative estimate of drug-likeness (QED) is 0.527. The van der Waals surface area contributed by atoms with Crippen LogP contribution in [0.25, 0.3) is 28.0 Å². The average molecular weight is 264 g/mol. The lowest BCUT2D eigenvalue weighted by Gasteiger charge is -2.00. The fraction of sp³-hybridized carbons (Fsp3) is 0.143. The van der Waals surface area contributed by atoms with E-state index in [-0.39, 0.29) is 0 Å². The summed E-state index contributed by atoms with van der Waals surface area (Å²) < 4.78 is 3.79. The van der Waals surface area contributed by atoms with Crippen molar-refractivity contribution in [2.75, 3.05) is 0 Å². The monoisotopic (exact) mass is 264 g/mol. The number of benzene rings is 1. The van der Waals surface area contributed by atoms with Gasteiger partial charge in [0, 0.05) is 24.8 Å². The molecule has 0 unspecified atom stereocenters. The van der Waals surface area contributed by atoms with Gasteiger partial charge >= 0.3 is 0 Å². The molecular weight excluding hydrogens is 252 g/mol. The number of fused-ring (bicyclic) bond motifs is 3. The molecule has 0 amide bonds. The second-order valence-corrected chi connectivity index (χ2v) is 4.83. The molecule has 20 heavy (non-hydrogen) atoms. The van der Waals surface area contributed by atoms with Crippen LogP contribution in [0.3, 0.4) is 0 Å². The summed E-state index contributed by atoms with van der Waals surface area (Å²) >= 11 is 0. The number of hydrogen-bond acceptors (Lipinski definition) is 4. The molecule has 0 aliphatic rings. The molecule has 6 heteroatoms. The van der Waals surface area contributed by atoms with E-state index in [1.54, 1.807) is 23.3 Å². The van der Waals surface area contributed by atoms with Crippen LogP contribution >= 0.6 is 0 Å². The van der Waals surface area contributed by atoms with Crippen LogP contribution in [0, 0.1) is 6.92 Å². The molecule has 0 aliphatic carbocycles. The minimum Gasteiger partial charge on any atom is -0.327 e. The molecule has 3 heterocycles. The van der Waals surface area contributed by atoms with E-state index in [0.29, 0.717) is 5.95 Å². The van der Waals surface area contributed by atoms with E-state index >= 15 is 0 Å². The molecule has 3 aromatic heterocycles. The number of aryl methyl sites for hydroxylation is 2. The zero-order chi connectivity index (χ0) is 13.7. The maximum Gasteiger partial charge on any atom is 0.256 e. The van der Waals surface area contributed by atoms with Gasteiger partial charge in [-0.3, -0.25) is 4.57 Å². The number of rotatable bonds is 1. The van der Waals surface area contributed by atoms with Gasteiger partial charge in [-0.05, 0) is 19.1 Å². The van der Waals surface area contributed by atoms with Crippen molar-refractivity contribution < 1.29 is 0 Å². The Morgan fingerprint density at radius 2 is 2.05 bits per heavy atom. The van der Waals surface area contributed by atoms with Gasteiger partial charge in [0.25, 0.3) is 5.95 Å². The van der Waals surface area contributed by atoms with Crippen LogP contribution in [0.1, 0.15) is 5.56 Å². The SMILES string of the molecule is Cc1ccc2c(c1)c1nnc(-n3ccnc3)nc1n2C. The molecule has 98 valence electrons. The molecule has 0 bridgehead atoms. The Bertz CT molecular complexity index is 920. The number of aromatic nitrogens is 6. The topological polar surface area (TPSA) is 61.4 Å². The predicted molar refractivity (Wildman–Crippen MR) is 75.7 cm³/mol. The Kier molecular flexibility index (Phi) is 2.14. The highest BCUT2D eigenvalue weighted by atomic mass is 15.3.